The SMILES string of the molecule is CS(=O)C1CN(CCOI)C1. The van der Waals surface area contributed by atoms with Gasteiger partial charge in [0.1, 0.15) is 23.0 Å². The zero-order chi connectivity index (χ0) is 8.27. The van der Waals surface area contributed by atoms with E-state index in [1.807, 2.05) is 23.0 Å². The average molecular weight is 289 g/mol. The van der Waals surface area contributed by atoms with E-state index in [9.17, 15) is 4.21 Å². The topological polar surface area (TPSA) is 29.5 Å². The maximum Gasteiger partial charge on any atom is 0.109 e. The lowest BCUT2D eigenvalue weighted by molar-refractivity contribution is 0.167. The molecule has 0 spiro atoms. The van der Waals surface area contributed by atoms with E-state index in [2.05, 4.69) is 4.90 Å². The quantitative estimate of drug-likeness (QED) is 0.702. The molecule has 0 aromatic carbocycles. The summed E-state index contributed by atoms with van der Waals surface area (Å²) < 4.78 is 15.8. The van der Waals surface area contributed by atoms with Crippen LogP contribution in [0.25, 0.3) is 0 Å². The summed E-state index contributed by atoms with van der Waals surface area (Å²) >= 11 is 1.89. The van der Waals surface area contributed by atoms with Crippen molar-refractivity contribution in [1.29, 1.82) is 0 Å². The van der Waals surface area contributed by atoms with Crippen molar-refractivity contribution in [1.82, 2.24) is 4.90 Å². The van der Waals surface area contributed by atoms with Crippen LogP contribution in [0.3, 0.4) is 0 Å². The van der Waals surface area contributed by atoms with Gasteiger partial charge >= 0.3 is 0 Å². The highest BCUT2D eigenvalue weighted by atomic mass is 127. The number of nitrogens with zero attached hydrogens (tertiary/aromatic N) is 1. The molecule has 0 bridgehead atoms. The molecule has 66 valence electrons. The zero-order valence-corrected chi connectivity index (χ0v) is 9.43. The van der Waals surface area contributed by atoms with Gasteiger partial charge in [0.25, 0.3) is 0 Å². The molecule has 0 aromatic rings. The van der Waals surface area contributed by atoms with Crippen LogP contribution in [0.1, 0.15) is 0 Å². The van der Waals surface area contributed by atoms with Gasteiger partial charge in [0, 0.05) is 36.7 Å². The van der Waals surface area contributed by atoms with E-state index in [4.69, 9.17) is 3.07 Å². The number of halogens is 1. The van der Waals surface area contributed by atoms with Crippen LogP contribution in [0.5, 0.6) is 0 Å². The van der Waals surface area contributed by atoms with Crippen LogP contribution in [-0.2, 0) is 13.9 Å². The Morgan fingerprint density at radius 3 is 2.82 bits per heavy atom. The third-order valence-corrected chi connectivity index (χ3v) is 3.56. The second kappa shape index (κ2) is 4.74. The molecular formula is C6H12INO2S. The monoisotopic (exact) mass is 289 g/mol. The lowest BCUT2D eigenvalue weighted by atomic mass is 10.2. The molecule has 1 rings (SSSR count). The third kappa shape index (κ3) is 2.96. The first-order valence-electron chi connectivity index (χ1n) is 3.52. The lowest BCUT2D eigenvalue weighted by Gasteiger charge is -2.37. The maximum absolute atomic E-state index is 10.9. The van der Waals surface area contributed by atoms with Crippen LogP contribution in [0.4, 0.5) is 0 Å². The third-order valence-electron chi connectivity index (χ3n) is 1.88. The fourth-order valence-corrected chi connectivity index (χ4v) is 2.12. The highest BCUT2D eigenvalue weighted by Crippen LogP contribution is 2.11. The summed E-state index contributed by atoms with van der Waals surface area (Å²) in [5.74, 6) is 0. The maximum atomic E-state index is 10.9. The Kier molecular flexibility index (Phi) is 4.26. The van der Waals surface area contributed by atoms with Crippen LogP contribution in [-0.4, -0.2) is 46.9 Å². The standard InChI is InChI=1S/C6H12INO2S/c1-11(9)6-4-8(5-6)2-3-10-7/h6H,2-5H2,1H3. The zero-order valence-electron chi connectivity index (χ0n) is 6.46. The molecular weight excluding hydrogens is 277 g/mol. The van der Waals surface area contributed by atoms with E-state index >= 15 is 0 Å². The Balaban J connectivity index is 2.05. The second-order valence-corrected chi connectivity index (χ2v) is 4.98. The molecule has 1 saturated heterocycles. The minimum absolute atomic E-state index is 0.407. The molecule has 1 unspecified atom stereocenters. The number of hydrogen-bond donors (Lipinski definition) is 0. The first kappa shape index (κ1) is 9.88. The average Bonchev–Trinajstić information content (AvgIpc) is 1.84. The predicted octanol–water partition coefficient (Wildman–Crippen LogP) is 0.416. The van der Waals surface area contributed by atoms with Crippen LogP contribution >= 0.6 is 23.0 Å². The minimum atomic E-state index is -0.634. The summed E-state index contributed by atoms with van der Waals surface area (Å²) in [6.45, 7) is 3.69. The summed E-state index contributed by atoms with van der Waals surface area (Å²) in [4.78, 5) is 2.25. The van der Waals surface area contributed by atoms with Crippen LogP contribution in [0, 0.1) is 0 Å². The second-order valence-electron chi connectivity index (χ2n) is 2.69. The molecule has 5 heteroatoms. The van der Waals surface area contributed by atoms with Crippen molar-refractivity contribution in [3.63, 3.8) is 0 Å². The van der Waals surface area contributed by atoms with Gasteiger partial charge in [-0.05, 0) is 0 Å². The first-order valence-corrected chi connectivity index (χ1v) is 6.02. The Morgan fingerprint density at radius 2 is 2.36 bits per heavy atom. The molecule has 0 aromatic heterocycles. The molecule has 0 radical (unpaired) electrons. The number of hydrogen-bond acceptors (Lipinski definition) is 3. The highest BCUT2D eigenvalue weighted by molar-refractivity contribution is 14.1. The summed E-state index contributed by atoms with van der Waals surface area (Å²) in [6, 6.07) is 0. The summed E-state index contributed by atoms with van der Waals surface area (Å²) in [7, 11) is -0.634. The summed E-state index contributed by atoms with van der Waals surface area (Å²) in [6.07, 6.45) is 1.77. The van der Waals surface area contributed by atoms with Gasteiger partial charge in [-0.3, -0.25) is 9.11 Å². The van der Waals surface area contributed by atoms with Crippen LogP contribution in [0.15, 0.2) is 0 Å². The van der Waals surface area contributed by atoms with Crippen LogP contribution in [0.2, 0.25) is 0 Å². The van der Waals surface area contributed by atoms with E-state index in [-0.39, 0.29) is 0 Å². The van der Waals surface area contributed by atoms with E-state index in [0.717, 1.165) is 26.2 Å². The molecule has 0 saturated carbocycles. The fourth-order valence-electron chi connectivity index (χ4n) is 1.08. The van der Waals surface area contributed by atoms with Crippen molar-refractivity contribution in [2.24, 2.45) is 0 Å². The Bertz CT molecular complexity index is 150. The van der Waals surface area contributed by atoms with Gasteiger partial charge in [-0.25, -0.2) is 0 Å². The van der Waals surface area contributed by atoms with E-state index in [0.29, 0.717) is 5.25 Å². The van der Waals surface area contributed by atoms with Crippen LogP contribution < -0.4 is 0 Å². The van der Waals surface area contributed by atoms with Crippen molar-refractivity contribution in [3.8, 4) is 0 Å². The van der Waals surface area contributed by atoms with Gasteiger partial charge in [-0.1, -0.05) is 0 Å². The van der Waals surface area contributed by atoms with Crippen molar-refractivity contribution in [3.05, 3.63) is 0 Å². The van der Waals surface area contributed by atoms with E-state index in [1.165, 1.54) is 0 Å². The van der Waals surface area contributed by atoms with Gasteiger partial charge in [-0.2, -0.15) is 0 Å². The molecule has 0 N–H and O–H groups in total. The molecule has 1 aliphatic heterocycles. The smallest absolute Gasteiger partial charge is 0.109 e. The summed E-state index contributed by atoms with van der Waals surface area (Å²) in [5, 5.41) is 0.407. The number of rotatable bonds is 4. The predicted molar refractivity (Wildman–Crippen MR) is 54.3 cm³/mol. The largest absolute Gasteiger partial charge is 0.314 e. The summed E-state index contributed by atoms with van der Waals surface area (Å²) in [5.41, 5.74) is 0. The van der Waals surface area contributed by atoms with Crippen molar-refractivity contribution >= 4 is 33.8 Å². The normalized spacial score (nSPS) is 23.1. The molecule has 3 nitrogen and oxygen atoms in total. The van der Waals surface area contributed by atoms with Crippen molar-refractivity contribution in [2.45, 2.75) is 5.25 Å². The minimum Gasteiger partial charge on any atom is -0.314 e. The Morgan fingerprint density at radius 1 is 1.73 bits per heavy atom. The van der Waals surface area contributed by atoms with Gasteiger partial charge in [-0.15, -0.1) is 0 Å². The molecule has 1 fully saturated rings. The molecule has 1 atom stereocenters. The van der Waals surface area contributed by atoms with Crippen molar-refractivity contribution < 1.29 is 7.28 Å². The lowest BCUT2D eigenvalue weighted by Crippen LogP contribution is -2.53. The molecule has 0 amide bonds. The Hall–Kier alpha value is 0.800. The highest BCUT2D eigenvalue weighted by Gasteiger charge is 2.28. The fraction of sp³-hybridized carbons (Fsp3) is 1.00. The molecule has 11 heavy (non-hydrogen) atoms. The van der Waals surface area contributed by atoms with Gasteiger partial charge in [0.2, 0.25) is 0 Å². The van der Waals surface area contributed by atoms with Gasteiger partial charge in [0.05, 0.1) is 11.9 Å². The molecule has 1 heterocycles. The van der Waals surface area contributed by atoms with Crippen molar-refractivity contribution in [2.75, 3.05) is 32.5 Å². The van der Waals surface area contributed by atoms with E-state index < -0.39 is 10.8 Å². The van der Waals surface area contributed by atoms with E-state index in [1.54, 1.807) is 6.26 Å². The first-order chi connectivity index (χ1) is 5.24. The number of likely N-dealkylation sites (tertiary alicyclic amines) is 1. The molecule has 0 aliphatic carbocycles. The Labute approximate surface area is 83.6 Å². The van der Waals surface area contributed by atoms with Gasteiger partial charge in [0.15, 0.2) is 0 Å². The van der Waals surface area contributed by atoms with Gasteiger partial charge < -0.3 is 3.07 Å². The molecule has 1 aliphatic rings.